The van der Waals surface area contributed by atoms with Crippen LogP contribution in [0.4, 0.5) is 0 Å². The van der Waals surface area contributed by atoms with Gasteiger partial charge in [0.15, 0.2) is 0 Å². The minimum atomic E-state index is 0. The monoisotopic (exact) mass is 270 g/mol. The molecule has 0 spiro atoms. The maximum Gasteiger partial charge on any atom is 0.0992 e. The van der Waals surface area contributed by atoms with E-state index in [-0.39, 0.29) is 17.1 Å². The molecule has 1 aromatic heterocycles. The third kappa shape index (κ3) is 7.80. The van der Waals surface area contributed by atoms with Gasteiger partial charge in [-0.3, -0.25) is 4.98 Å². The van der Waals surface area contributed by atoms with Crippen LogP contribution in [-0.4, -0.2) is 22.1 Å². The second-order valence-corrected chi connectivity index (χ2v) is 1.87. The van der Waals surface area contributed by atoms with E-state index >= 15 is 0 Å². The predicted octanol–water partition coefficient (Wildman–Crippen LogP) is 1.88. The summed E-state index contributed by atoms with van der Waals surface area (Å²) >= 11 is 8.53. The molecule has 0 bridgehead atoms. The second kappa shape index (κ2) is 10.7. The van der Waals surface area contributed by atoms with Crippen molar-refractivity contribution in [1.29, 1.82) is 5.26 Å². The van der Waals surface area contributed by atoms with Gasteiger partial charge in [0.25, 0.3) is 0 Å². The van der Waals surface area contributed by atoms with E-state index in [1.54, 1.807) is 24.5 Å². The second-order valence-electron chi connectivity index (χ2n) is 1.41. The van der Waals surface area contributed by atoms with Crippen LogP contribution in [0.5, 0.6) is 0 Å². The van der Waals surface area contributed by atoms with Gasteiger partial charge < -0.3 is 0 Å². The molecule has 0 amide bonds. The van der Waals surface area contributed by atoms with E-state index in [1.807, 2.05) is 6.07 Å². The van der Waals surface area contributed by atoms with Crippen LogP contribution in [0.1, 0.15) is 5.56 Å². The van der Waals surface area contributed by atoms with E-state index in [4.69, 9.17) is 5.26 Å². The van der Waals surface area contributed by atoms with Crippen molar-refractivity contribution in [2.75, 3.05) is 0 Å². The van der Waals surface area contributed by atoms with Crippen molar-refractivity contribution >= 4 is 40.8 Å². The third-order valence-corrected chi connectivity index (χ3v) is 0.809. The van der Waals surface area contributed by atoms with E-state index in [0.717, 1.165) is 0 Å². The van der Waals surface area contributed by atoms with Gasteiger partial charge in [-0.1, -0.05) is 0 Å². The first-order chi connectivity index (χ1) is 5.35. The van der Waals surface area contributed by atoms with Gasteiger partial charge >= 0.3 is 0 Å². The number of pyridine rings is 1. The standard InChI is InChI=1S/C6H4N2.Cl2O.Se/c7-5-6-1-3-8-4-2-6;1-3-2;/h1-4H;;. The molecule has 2 radical (unpaired) electrons. The molecule has 0 fully saturated rings. The number of halogens is 2. The van der Waals surface area contributed by atoms with Crippen LogP contribution >= 0.6 is 23.7 Å². The normalized spacial score (nSPS) is 6.75. The smallest absolute Gasteiger partial charge is 0.0992 e. The number of aromatic nitrogens is 1. The summed E-state index contributed by atoms with van der Waals surface area (Å²) in [6.07, 6.45) is 3.19. The molecular formula is C6H4Cl2N2OSe. The predicted molar refractivity (Wildman–Crippen MR) is 47.5 cm³/mol. The van der Waals surface area contributed by atoms with E-state index in [9.17, 15) is 0 Å². The molecule has 0 unspecified atom stereocenters. The largest absolute Gasteiger partial charge is 0.265 e. The minimum Gasteiger partial charge on any atom is -0.265 e. The average Bonchev–Trinajstić information content (AvgIpc) is 2.08. The number of rotatable bonds is 0. The van der Waals surface area contributed by atoms with Crippen molar-refractivity contribution in [3.63, 3.8) is 0 Å². The zero-order valence-electron chi connectivity index (χ0n) is 5.78. The van der Waals surface area contributed by atoms with Crippen molar-refractivity contribution in [3.05, 3.63) is 30.1 Å². The van der Waals surface area contributed by atoms with Crippen molar-refractivity contribution in [2.24, 2.45) is 0 Å². The Balaban J connectivity index is 0. The topological polar surface area (TPSA) is 45.9 Å². The summed E-state index contributed by atoms with van der Waals surface area (Å²) in [6, 6.07) is 5.32. The molecule has 0 saturated carbocycles. The van der Waals surface area contributed by atoms with Crippen LogP contribution in [0, 0.1) is 11.3 Å². The fourth-order valence-electron chi connectivity index (χ4n) is 0.426. The first kappa shape index (κ1) is 14.2. The summed E-state index contributed by atoms with van der Waals surface area (Å²) in [5, 5.41) is 8.26. The van der Waals surface area contributed by atoms with Crippen LogP contribution in [-0.2, 0) is 3.84 Å². The van der Waals surface area contributed by atoms with Gasteiger partial charge in [0.05, 0.1) is 35.4 Å². The van der Waals surface area contributed by atoms with Crippen molar-refractivity contribution in [2.45, 2.75) is 0 Å². The Morgan fingerprint density at radius 2 is 1.75 bits per heavy atom. The molecule has 1 heterocycles. The molecule has 3 nitrogen and oxygen atoms in total. The summed E-state index contributed by atoms with van der Waals surface area (Å²) in [5.74, 6) is 0. The van der Waals surface area contributed by atoms with E-state index < -0.39 is 0 Å². The summed E-state index contributed by atoms with van der Waals surface area (Å²) in [4.78, 5) is 3.74. The van der Waals surface area contributed by atoms with Gasteiger partial charge in [0.1, 0.15) is 0 Å². The van der Waals surface area contributed by atoms with Gasteiger partial charge in [-0.2, -0.15) is 9.10 Å². The van der Waals surface area contributed by atoms with Gasteiger partial charge in [-0.05, 0) is 12.1 Å². The molecule has 0 N–H and O–H groups in total. The van der Waals surface area contributed by atoms with Crippen molar-refractivity contribution < 1.29 is 3.84 Å². The molecule has 12 heavy (non-hydrogen) atoms. The quantitative estimate of drug-likeness (QED) is 0.676. The number of hydrogen-bond donors (Lipinski definition) is 0. The first-order valence-electron chi connectivity index (χ1n) is 2.54. The summed E-state index contributed by atoms with van der Waals surface area (Å²) < 4.78 is 3.19. The molecule has 1 aromatic rings. The Morgan fingerprint density at radius 1 is 1.33 bits per heavy atom. The molecular weight excluding hydrogens is 266 g/mol. The summed E-state index contributed by atoms with van der Waals surface area (Å²) in [6.45, 7) is 0. The van der Waals surface area contributed by atoms with Crippen LogP contribution in [0.25, 0.3) is 0 Å². The Bertz CT molecular complexity index is 227. The molecule has 1 rings (SSSR count). The Kier molecular flexibility index (Phi) is 12.7. The zero-order chi connectivity index (χ0) is 8.53. The summed E-state index contributed by atoms with van der Waals surface area (Å²) in [7, 11) is 0. The third-order valence-electron chi connectivity index (χ3n) is 0.809. The first-order valence-corrected chi connectivity index (χ1v) is 3.16. The maximum absolute atomic E-state index is 8.26. The van der Waals surface area contributed by atoms with E-state index in [2.05, 4.69) is 32.6 Å². The Hall–Kier alpha value is -0.301. The Morgan fingerprint density at radius 3 is 2.00 bits per heavy atom. The van der Waals surface area contributed by atoms with Crippen LogP contribution in [0.2, 0.25) is 0 Å². The van der Waals surface area contributed by atoms with E-state index in [1.165, 1.54) is 0 Å². The average molecular weight is 270 g/mol. The van der Waals surface area contributed by atoms with Crippen LogP contribution in [0.15, 0.2) is 24.5 Å². The van der Waals surface area contributed by atoms with E-state index in [0.29, 0.717) is 5.56 Å². The Labute approximate surface area is 91.1 Å². The minimum absolute atomic E-state index is 0. The molecule has 0 aliphatic heterocycles. The number of hydrogen-bond acceptors (Lipinski definition) is 3. The number of nitrogens with zero attached hydrogens (tertiary/aromatic N) is 2. The van der Waals surface area contributed by atoms with Crippen LogP contribution < -0.4 is 0 Å². The van der Waals surface area contributed by atoms with Gasteiger partial charge in [-0.15, -0.1) is 0 Å². The fraction of sp³-hybridized carbons (Fsp3) is 0. The van der Waals surface area contributed by atoms with Crippen molar-refractivity contribution in [3.8, 4) is 6.07 Å². The van der Waals surface area contributed by atoms with Gasteiger partial charge in [-0.25, -0.2) is 0 Å². The van der Waals surface area contributed by atoms with Crippen molar-refractivity contribution in [1.82, 2.24) is 4.98 Å². The maximum atomic E-state index is 8.26. The van der Waals surface area contributed by atoms with Gasteiger partial charge in [0, 0.05) is 29.5 Å². The van der Waals surface area contributed by atoms with Crippen LogP contribution in [0.3, 0.4) is 0 Å². The number of nitriles is 1. The molecule has 0 aliphatic rings. The molecule has 0 saturated heterocycles. The zero-order valence-corrected chi connectivity index (χ0v) is 9.00. The molecule has 64 valence electrons. The molecule has 0 aliphatic carbocycles. The molecule has 0 atom stereocenters. The SMILES string of the molecule is ClOCl.N#Cc1ccncc1.[Se]. The summed E-state index contributed by atoms with van der Waals surface area (Å²) in [5.41, 5.74) is 0.653. The van der Waals surface area contributed by atoms with Gasteiger partial charge in [0.2, 0.25) is 0 Å². The molecule has 6 heteroatoms. The fourth-order valence-corrected chi connectivity index (χ4v) is 0.426. The molecule has 0 aromatic carbocycles.